The molecule has 0 amide bonds. The molecule has 0 saturated heterocycles. The van der Waals surface area contributed by atoms with E-state index >= 15 is 0 Å². The van der Waals surface area contributed by atoms with E-state index in [-0.39, 0.29) is 11.6 Å². The average molecular weight is 492 g/mol. The van der Waals surface area contributed by atoms with Crippen LogP contribution in [0.4, 0.5) is 11.4 Å². The molecule has 0 spiro atoms. The van der Waals surface area contributed by atoms with Gasteiger partial charge in [0.25, 0.3) is 5.69 Å². The number of benzene rings is 3. The first kappa shape index (κ1) is 23.1. The van der Waals surface area contributed by atoms with Crippen molar-refractivity contribution in [1.82, 2.24) is 9.66 Å². The maximum Gasteiger partial charge on any atom is 0.270 e. The van der Waals surface area contributed by atoms with Gasteiger partial charge in [-0.2, -0.15) is 5.10 Å². The fourth-order valence-electron chi connectivity index (χ4n) is 3.81. The van der Waals surface area contributed by atoms with Gasteiger partial charge in [0.2, 0.25) is 4.80 Å². The smallest absolute Gasteiger partial charge is 0.262 e. The molecule has 0 unspecified atom stereocenters. The number of thiazole rings is 1. The quantitative estimate of drug-likeness (QED) is 0.150. The molecule has 0 aliphatic rings. The number of nitro groups is 1. The molecular weight excluding hydrogens is 470 g/mol. The molecule has 2 aromatic heterocycles. The van der Waals surface area contributed by atoms with Crippen molar-refractivity contribution < 1.29 is 4.92 Å². The fraction of sp³-hybridized carbons (Fsp3) is 0.0357. The van der Waals surface area contributed by atoms with Crippen molar-refractivity contribution in [3.8, 4) is 11.3 Å². The predicted molar refractivity (Wildman–Crippen MR) is 142 cm³/mol. The SMILES string of the molecule is O=[N+]([O-])c1cccc(-c2csc(=Nc3cccnc3)n2N=CC(c2ccccc2)c2ccccc2)c1. The molecule has 0 saturated carbocycles. The summed E-state index contributed by atoms with van der Waals surface area (Å²) in [6.07, 6.45) is 5.26. The zero-order valence-electron chi connectivity index (χ0n) is 19.1. The van der Waals surface area contributed by atoms with Crippen molar-refractivity contribution >= 4 is 28.9 Å². The number of rotatable bonds is 7. The molecule has 5 rings (SSSR count). The van der Waals surface area contributed by atoms with Crippen LogP contribution in [0.1, 0.15) is 17.0 Å². The largest absolute Gasteiger partial charge is 0.270 e. The molecule has 7 nitrogen and oxygen atoms in total. The topological polar surface area (TPSA) is 85.7 Å². The highest BCUT2D eigenvalue weighted by Crippen LogP contribution is 2.26. The zero-order chi connectivity index (χ0) is 24.7. The van der Waals surface area contributed by atoms with Crippen molar-refractivity contribution in [3.63, 3.8) is 0 Å². The van der Waals surface area contributed by atoms with Crippen molar-refractivity contribution in [2.45, 2.75) is 5.92 Å². The number of hydrogen-bond donors (Lipinski definition) is 0. The summed E-state index contributed by atoms with van der Waals surface area (Å²) in [5.74, 6) is -0.0935. The summed E-state index contributed by atoms with van der Waals surface area (Å²) in [4.78, 5) is 20.5. The van der Waals surface area contributed by atoms with E-state index < -0.39 is 4.92 Å². The monoisotopic (exact) mass is 491 g/mol. The van der Waals surface area contributed by atoms with Crippen molar-refractivity contribution in [1.29, 1.82) is 0 Å². The van der Waals surface area contributed by atoms with Gasteiger partial charge < -0.3 is 0 Å². The van der Waals surface area contributed by atoms with Gasteiger partial charge in [0.15, 0.2) is 0 Å². The average Bonchev–Trinajstić information content (AvgIpc) is 3.33. The second kappa shape index (κ2) is 10.7. The van der Waals surface area contributed by atoms with Gasteiger partial charge in [0.1, 0.15) is 0 Å². The summed E-state index contributed by atoms with van der Waals surface area (Å²) >= 11 is 1.41. The first-order valence-electron chi connectivity index (χ1n) is 11.2. The molecule has 36 heavy (non-hydrogen) atoms. The first-order valence-corrected chi connectivity index (χ1v) is 12.1. The maximum atomic E-state index is 11.4. The van der Waals surface area contributed by atoms with Gasteiger partial charge >= 0.3 is 0 Å². The predicted octanol–water partition coefficient (Wildman–Crippen LogP) is 6.42. The molecule has 0 aliphatic heterocycles. The summed E-state index contributed by atoms with van der Waals surface area (Å²) < 4.78 is 1.73. The number of non-ortho nitro benzene ring substituents is 1. The molecule has 5 aromatic rings. The lowest BCUT2D eigenvalue weighted by Gasteiger charge is -2.13. The Kier molecular flexibility index (Phi) is 6.86. The summed E-state index contributed by atoms with van der Waals surface area (Å²) in [6, 6.07) is 30.5. The van der Waals surface area contributed by atoms with Crippen LogP contribution < -0.4 is 4.80 Å². The van der Waals surface area contributed by atoms with Crippen LogP contribution in [0.3, 0.4) is 0 Å². The summed E-state index contributed by atoms with van der Waals surface area (Å²) in [5, 5.41) is 18.2. The van der Waals surface area contributed by atoms with E-state index in [1.165, 1.54) is 17.4 Å². The number of hydrogen-bond acceptors (Lipinski definition) is 6. The van der Waals surface area contributed by atoms with Gasteiger partial charge in [-0.15, -0.1) is 11.3 Å². The molecule has 8 heteroatoms. The molecule has 3 aromatic carbocycles. The standard InChI is InChI=1S/C28H21N5O2S/c34-33(35)25-15-7-13-23(17-25)27-20-36-28(31-24-14-8-16-29-18-24)32(27)30-19-26(21-9-3-1-4-10-21)22-11-5-2-6-12-22/h1-20,26H. The van der Waals surface area contributed by atoms with Crippen LogP contribution in [-0.2, 0) is 0 Å². The fourth-order valence-corrected chi connectivity index (χ4v) is 4.67. The third-order valence-corrected chi connectivity index (χ3v) is 6.37. The van der Waals surface area contributed by atoms with E-state index in [1.807, 2.05) is 66.2 Å². The minimum atomic E-state index is -0.398. The van der Waals surface area contributed by atoms with E-state index in [4.69, 9.17) is 10.1 Å². The number of aromatic nitrogens is 2. The Bertz CT molecular complexity index is 1520. The Balaban J connectivity index is 1.66. The number of nitrogens with zero attached hydrogens (tertiary/aromatic N) is 5. The van der Waals surface area contributed by atoms with E-state index in [1.54, 1.807) is 29.2 Å². The van der Waals surface area contributed by atoms with Gasteiger partial charge in [0, 0.05) is 41.4 Å². The molecular formula is C28H21N5O2S. The minimum absolute atomic E-state index is 0.0198. The molecule has 0 aliphatic carbocycles. The third-order valence-electron chi connectivity index (χ3n) is 5.56. The molecule has 0 bridgehead atoms. The van der Waals surface area contributed by atoms with Gasteiger partial charge in [-0.3, -0.25) is 15.1 Å². The van der Waals surface area contributed by atoms with Gasteiger partial charge in [-0.05, 0) is 23.3 Å². The highest BCUT2D eigenvalue weighted by Gasteiger charge is 2.15. The Morgan fingerprint density at radius 3 is 2.28 bits per heavy atom. The van der Waals surface area contributed by atoms with Crippen molar-refractivity contribution in [3.05, 3.63) is 141 Å². The van der Waals surface area contributed by atoms with Crippen LogP contribution in [0.25, 0.3) is 11.3 Å². The molecule has 0 N–H and O–H groups in total. The molecule has 0 fully saturated rings. The zero-order valence-corrected chi connectivity index (χ0v) is 19.9. The normalized spacial score (nSPS) is 11.9. The highest BCUT2D eigenvalue weighted by molar-refractivity contribution is 7.07. The Morgan fingerprint density at radius 2 is 1.64 bits per heavy atom. The second-order valence-corrected chi connectivity index (χ2v) is 8.75. The number of nitro benzene ring substituents is 1. The molecule has 2 heterocycles. The van der Waals surface area contributed by atoms with E-state index in [9.17, 15) is 10.1 Å². The van der Waals surface area contributed by atoms with E-state index in [2.05, 4.69) is 29.2 Å². The third kappa shape index (κ3) is 5.18. The van der Waals surface area contributed by atoms with E-state index in [0.717, 1.165) is 11.1 Å². The second-order valence-electron chi connectivity index (χ2n) is 7.91. The maximum absolute atomic E-state index is 11.4. The van der Waals surface area contributed by atoms with Crippen LogP contribution in [0, 0.1) is 10.1 Å². The lowest BCUT2D eigenvalue weighted by molar-refractivity contribution is -0.384. The van der Waals surface area contributed by atoms with E-state index in [0.29, 0.717) is 21.7 Å². The van der Waals surface area contributed by atoms with Crippen LogP contribution in [0.15, 0.2) is 125 Å². The van der Waals surface area contributed by atoms with Gasteiger partial charge in [-0.1, -0.05) is 72.8 Å². The van der Waals surface area contributed by atoms with Crippen LogP contribution >= 0.6 is 11.3 Å². The van der Waals surface area contributed by atoms with Crippen molar-refractivity contribution in [2.75, 3.05) is 0 Å². The Hall–Kier alpha value is -4.69. The Morgan fingerprint density at radius 1 is 0.917 bits per heavy atom. The molecule has 0 radical (unpaired) electrons. The Labute approximate surface area is 211 Å². The highest BCUT2D eigenvalue weighted by atomic mass is 32.1. The van der Waals surface area contributed by atoms with Crippen molar-refractivity contribution in [2.24, 2.45) is 10.1 Å². The first-order chi connectivity index (χ1) is 17.7. The lowest BCUT2D eigenvalue weighted by atomic mass is 9.92. The van der Waals surface area contributed by atoms with Gasteiger partial charge in [-0.25, -0.2) is 9.67 Å². The number of pyridine rings is 1. The summed E-state index contributed by atoms with van der Waals surface area (Å²) in [5.41, 5.74) is 4.31. The van der Waals surface area contributed by atoms with Crippen LogP contribution in [0.5, 0.6) is 0 Å². The minimum Gasteiger partial charge on any atom is -0.262 e. The van der Waals surface area contributed by atoms with Crippen LogP contribution in [0.2, 0.25) is 0 Å². The summed E-state index contributed by atoms with van der Waals surface area (Å²) in [6.45, 7) is 0. The lowest BCUT2D eigenvalue weighted by Crippen LogP contribution is -2.13. The molecule has 0 atom stereocenters. The van der Waals surface area contributed by atoms with Crippen LogP contribution in [-0.4, -0.2) is 20.8 Å². The summed E-state index contributed by atoms with van der Waals surface area (Å²) in [7, 11) is 0. The van der Waals surface area contributed by atoms with Gasteiger partial charge in [0.05, 0.1) is 22.5 Å². The molecule has 176 valence electrons.